The summed E-state index contributed by atoms with van der Waals surface area (Å²) >= 11 is 0. The third kappa shape index (κ3) is 12.3. The van der Waals surface area contributed by atoms with E-state index in [9.17, 15) is 0 Å². The molecule has 0 bridgehead atoms. The summed E-state index contributed by atoms with van der Waals surface area (Å²) in [7, 11) is 0. The van der Waals surface area contributed by atoms with Crippen molar-refractivity contribution in [1.29, 1.82) is 0 Å². The van der Waals surface area contributed by atoms with Crippen molar-refractivity contribution < 1.29 is 45.1 Å². The molecule has 0 rings (SSSR count). The largest absolute Gasteiger partial charge is 3.00 e. The summed E-state index contributed by atoms with van der Waals surface area (Å²) in [6, 6.07) is 0. The van der Waals surface area contributed by atoms with Gasteiger partial charge in [-0.2, -0.15) is 0 Å². The van der Waals surface area contributed by atoms with Gasteiger partial charge in [0.05, 0.1) is 0 Å². The van der Waals surface area contributed by atoms with Crippen molar-refractivity contribution in [3.63, 3.8) is 0 Å². The van der Waals surface area contributed by atoms with Crippen molar-refractivity contribution in [1.82, 2.24) is 0 Å². The Morgan fingerprint density at radius 1 is 1.00 bits per heavy atom. The summed E-state index contributed by atoms with van der Waals surface area (Å²) in [6.45, 7) is 0. The van der Waals surface area contributed by atoms with Crippen LogP contribution in [0.2, 0.25) is 0 Å². The zero-order valence-corrected chi connectivity index (χ0v) is 3.77. The zero-order chi connectivity index (χ0) is 0. The van der Waals surface area contributed by atoms with Crippen LogP contribution in [0.5, 0.6) is 0 Å². The molecule has 0 unspecified atom stereocenters. The Morgan fingerprint density at radius 2 is 1.00 bits per heavy atom. The van der Waals surface area contributed by atoms with Crippen molar-refractivity contribution >= 4 is 0 Å². The molecule has 0 aliphatic heterocycles. The normalized spacial score (nSPS) is 0. The van der Waals surface area contributed by atoms with E-state index < -0.39 is 0 Å². The first kappa shape index (κ1) is 84.5. The molecule has 0 aliphatic carbocycles. The Balaban J connectivity index is 0. The molecule has 0 amide bonds. The van der Waals surface area contributed by atoms with Crippen molar-refractivity contribution in [2.45, 2.75) is 0 Å². The van der Waals surface area contributed by atoms with Gasteiger partial charge >= 0.3 is 17.1 Å². The van der Waals surface area contributed by atoms with Gasteiger partial charge in [-0.3, -0.25) is 0 Å². The molecule has 0 atom stereocenters. The molecule has 0 aromatic heterocycles. The quantitative estimate of drug-likeness (QED) is 0.431. The maximum absolute atomic E-state index is 0. The van der Waals surface area contributed by atoms with E-state index in [-0.39, 0.29) is 45.1 Å². The Hall–Kier alpha value is 0.959. The zero-order valence-electron chi connectivity index (χ0n) is 1.56. The molecule has 0 saturated heterocycles. The number of hydrogen-bond donors (Lipinski definition) is 0. The molecule has 0 spiro atoms. The SMILES string of the molecule is [Fe+3].[Fe].[O-2].[OH-]. The van der Waals surface area contributed by atoms with Gasteiger partial charge in [0.2, 0.25) is 0 Å². The van der Waals surface area contributed by atoms with Crippen LogP contribution in [0.1, 0.15) is 0 Å². The second-order valence-electron chi connectivity index (χ2n) is 0. The monoisotopic (exact) mass is 145 g/mol. The predicted molar refractivity (Wildman–Crippen MR) is 2.62 cm³/mol. The van der Waals surface area contributed by atoms with Gasteiger partial charge in [0.15, 0.2) is 0 Å². The molecule has 0 heterocycles. The average molecular weight is 145 g/mol. The molecular formula is HFe2O2. The average Bonchev–Trinajstić information content (AvgIpc) is 0. The van der Waals surface area contributed by atoms with Crippen LogP contribution < -0.4 is 0 Å². The molecule has 0 aromatic rings. The first-order valence-electron chi connectivity index (χ1n) is 0. The molecule has 0 aliphatic rings. The van der Waals surface area contributed by atoms with Crippen molar-refractivity contribution in [2.75, 3.05) is 0 Å². The molecule has 0 aromatic carbocycles. The molecule has 1 radical (unpaired) electrons. The van der Waals surface area contributed by atoms with E-state index in [2.05, 4.69) is 0 Å². The maximum atomic E-state index is 0. The van der Waals surface area contributed by atoms with Gasteiger partial charge in [0.1, 0.15) is 0 Å². The van der Waals surface area contributed by atoms with E-state index in [1.54, 1.807) is 0 Å². The van der Waals surface area contributed by atoms with Gasteiger partial charge in [-0.15, -0.1) is 0 Å². The summed E-state index contributed by atoms with van der Waals surface area (Å²) in [6.07, 6.45) is 0. The van der Waals surface area contributed by atoms with Gasteiger partial charge < -0.3 is 11.0 Å². The first-order chi connectivity index (χ1) is 0. The summed E-state index contributed by atoms with van der Waals surface area (Å²) in [5, 5.41) is 0. The molecule has 1 N–H and O–H groups in total. The molecule has 29 valence electrons. The molecule has 0 saturated carbocycles. The fourth-order valence-electron chi connectivity index (χ4n) is 0. The van der Waals surface area contributed by atoms with Gasteiger partial charge in [0, 0.05) is 17.1 Å². The molecular weight excluding hydrogens is 144 g/mol. The Morgan fingerprint density at radius 3 is 1.00 bits per heavy atom. The molecule has 4 heteroatoms. The van der Waals surface area contributed by atoms with Crippen LogP contribution in [0, 0.1) is 0 Å². The van der Waals surface area contributed by atoms with Crippen molar-refractivity contribution in [2.24, 2.45) is 0 Å². The van der Waals surface area contributed by atoms with Gasteiger partial charge in [-0.05, 0) is 0 Å². The maximum Gasteiger partial charge on any atom is 3.00 e. The molecule has 0 fully saturated rings. The summed E-state index contributed by atoms with van der Waals surface area (Å²) in [5.41, 5.74) is 0. The van der Waals surface area contributed by atoms with Crippen LogP contribution in [0.15, 0.2) is 0 Å². The Kier molecular flexibility index (Phi) is 796. The summed E-state index contributed by atoms with van der Waals surface area (Å²) in [4.78, 5) is 0. The third-order valence-corrected chi connectivity index (χ3v) is 0. The Labute approximate surface area is 45.5 Å². The minimum Gasteiger partial charge on any atom is -2.00 e. The van der Waals surface area contributed by atoms with Gasteiger partial charge in [0.25, 0.3) is 0 Å². The first-order valence-corrected chi connectivity index (χ1v) is 0. The minimum absolute atomic E-state index is 0. The fraction of sp³-hybridized carbons (Fsp3) is 0. The van der Waals surface area contributed by atoms with Crippen LogP contribution in [0.25, 0.3) is 0 Å². The number of hydrogen-bond acceptors (Lipinski definition) is 1. The smallest absolute Gasteiger partial charge is 2.00 e. The minimum atomic E-state index is 0. The second-order valence-corrected chi connectivity index (χ2v) is 0. The standard InChI is InChI=1S/2Fe.H2O.O/h;;1H2;/q;+3;;-2/p-1. The summed E-state index contributed by atoms with van der Waals surface area (Å²) < 4.78 is 0. The molecule has 4 heavy (non-hydrogen) atoms. The van der Waals surface area contributed by atoms with E-state index in [1.165, 1.54) is 0 Å². The van der Waals surface area contributed by atoms with E-state index >= 15 is 0 Å². The van der Waals surface area contributed by atoms with E-state index in [4.69, 9.17) is 0 Å². The summed E-state index contributed by atoms with van der Waals surface area (Å²) in [5.74, 6) is 0. The topological polar surface area (TPSA) is 58.5 Å². The van der Waals surface area contributed by atoms with Crippen LogP contribution >= 0.6 is 0 Å². The predicted octanol–water partition coefficient (Wildman–Crippen LogP) is -0.301. The molecule has 2 nitrogen and oxygen atoms in total. The Bertz CT molecular complexity index is 4.00. The van der Waals surface area contributed by atoms with Gasteiger partial charge in [-0.1, -0.05) is 0 Å². The van der Waals surface area contributed by atoms with E-state index in [1.807, 2.05) is 0 Å². The van der Waals surface area contributed by atoms with Crippen LogP contribution in [-0.2, 0) is 39.6 Å². The third-order valence-electron chi connectivity index (χ3n) is 0. The van der Waals surface area contributed by atoms with Crippen LogP contribution in [-0.4, -0.2) is 5.48 Å². The second kappa shape index (κ2) is 37.7. The van der Waals surface area contributed by atoms with Crippen molar-refractivity contribution in [3.8, 4) is 0 Å². The fourth-order valence-corrected chi connectivity index (χ4v) is 0. The van der Waals surface area contributed by atoms with E-state index in [0.717, 1.165) is 0 Å². The van der Waals surface area contributed by atoms with Crippen LogP contribution in [0.4, 0.5) is 0 Å². The number of rotatable bonds is 0. The van der Waals surface area contributed by atoms with Crippen LogP contribution in [0.3, 0.4) is 0 Å². The van der Waals surface area contributed by atoms with Crippen molar-refractivity contribution in [3.05, 3.63) is 0 Å². The van der Waals surface area contributed by atoms with Gasteiger partial charge in [-0.25, -0.2) is 0 Å². The van der Waals surface area contributed by atoms with E-state index in [0.29, 0.717) is 0 Å².